The maximum atomic E-state index is 13.6. The van der Waals surface area contributed by atoms with Crippen molar-refractivity contribution < 1.29 is 4.79 Å². The number of hydrogen-bond acceptors (Lipinski definition) is 2. The van der Waals surface area contributed by atoms with Gasteiger partial charge in [-0.3, -0.25) is 4.79 Å². The molecule has 2 aliphatic heterocycles. The van der Waals surface area contributed by atoms with Crippen molar-refractivity contribution in [1.29, 1.82) is 0 Å². The molecule has 2 saturated heterocycles. The van der Waals surface area contributed by atoms with E-state index in [0.717, 1.165) is 25.6 Å². The van der Waals surface area contributed by atoms with Crippen molar-refractivity contribution in [3.8, 4) is 0 Å². The molecule has 3 heteroatoms. The number of amides is 1. The number of carbonyl (C=O) groups is 1. The first-order valence-corrected chi connectivity index (χ1v) is 9.92. The normalized spacial score (nSPS) is 54.3. The fraction of sp³-hybridized carbons (Fsp3) is 0.950. The van der Waals surface area contributed by atoms with Gasteiger partial charge >= 0.3 is 0 Å². The van der Waals surface area contributed by atoms with Crippen molar-refractivity contribution in [2.75, 3.05) is 19.6 Å². The monoisotopic (exact) mass is 316 g/mol. The van der Waals surface area contributed by atoms with Crippen LogP contribution in [0.3, 0.4) is 0 Å². The minimum atomic E-state index is 0.00177. The molecule has 6 fully saturated rings. The van der Waals surface area contributed by atoms with Crippen molar-refractivity contribution in [3.05, 3.63) is 0 Å². The fourth-order valence-electron chi connectivity index (χ4n) is 8.25. The molecule has 2 heterocycles. The summed E-state index contributed by atoms with van der Waals surface area (Å²) in [5.74, 6) is 2.08. The average molecular weight is 316 g/mol. The third-order valence-electron chi connectivity index (χ3n) is 8.02. The van der Waals surface area contributed by atoms with E-state index >= 15 is 0 Å². The molecule has 4 bridgehead atoms. The van der Waals surface area contributed by atoms with Gasteiger partial charge < -0.3 is 10.2 Å². The zero-order chi connectivity index (χ0) is 15.9. The van der Waals surface area contributed by atoms with Gasteiger partial charge in [0.25, 0.3) is 0 Å². The SMILES string of the molecule is CC12CC3CC(C)(C1)CC(C(=O)N1CCC4NCCC4C1)(C3)C2. The summed E-state index contributed by atoms with van der Waals surface area (Å²) >= 11 is 0. The lowest BCUT2D eigenvalue weighted by Crippen LogP contribution is -2.61. The molecule has 0 aromatic heterocycles. The number of fused-ring (bicyclic) bond motifs is 1. The zero-order valence-electron chi connectivity index (χ0n) is 14.9. The Bertz CT molecular complexity index is 526. The van der Waals surface area contributed by atoms with Gasteiger partial charge in [0.2, 0.25) is 5.91 Å². The number of hydrogen-bond donors (Lipinski definition) is 1. The first-order valence-electron chi connectivity index (χ1n) is 9.92. The van der Waals surface area contributed by atoms with Crippen LogP contribution in [0.2, 0.25) is 0 Å². The third kappa shape index (κ3) is 2.14. The van der Waals surface area contributed by atoms with E-state index in [4.69, 9.17) is 0 Å². The predicted molar refractivity (Wildman–Crippen MR) is 90.9 cm³/mol. The molecule has 0 aromatic rings. The molecule has 3 nitrogen and oxygen atoms in total. The van der Waals surface area contributed by atoms with E-state index in [0.29, 0.717) is 28.7 Å². The number of piperidine rings is 1. The minimum Gasteiger partial charge on any atom is -0.342 e. The van der Waals surface area contributed by atoms with Crippen molar-refractivity contribution in [3.63, 3.8) is 0 Å². The highest BCUT2D eigenvalue weighted by Gasteiger charge is 2.63. The number of carbonyl (C=O) groups excluding carboxylic acids is 1. The molecule has 0 radical (unpaired) electrons. The maximum absolute atomic E-state index is 13.6. The standard InChI is InChI=1S/C20H32N2O/c1-18-7-14-8-19(2,11-18)13-20(9-14,12-18)17(23)22-6-4-16-15(10-22)3-5-21-16/h14-16,21H,3-13H2,1-2H3. The van der Waals surface area contributed by atoms with Gasteiger partial charge in [0.1, 0.15) is 0 Å². The predicted octanol–water partition coefficient (Wildman–Crippen LogP) is 3.19. The van der Waals surface area contributed by atoms with Crippen LogP contribution >= 0.6 is 0 Å². The van der Waals surface area contributed by atoms with E-state index in [1.807, 2.05) is 0 Å². The third-order valence-corrected chi connectivity index (χ3v) is 8.02. The zero-order valence-corrected chi connectivity index (χ0v) is 14.9. The second-order valence-corrected chi connectivity index (χ2v) is 10.6. The molecule has 0 spiro atoms. The van der Waals surface area contributed by atoms with Gasteiger partial charge in [0.15, 0.2) is 0 Å². The van der Waals surface area contributed by atoms with Gasteiger partial charge in [-0.05, 0) is 80.6 Å². The molecule has 0 aromatic carbocycles. The van der Waals surface area contributed by atoms with Crippen molar-refractivity contribution in [1.82, 2.24) is 10.2 Å². The molecular formula is C20H32N2O. The second kappa shape index (κ2) is 4.53. The number of rotatable bonds is 1. The topological polar surface area (TPSA) is 32.3 Å². The van der Waals surface area contributed by atoms with Gasteiger partial charge in [0, 0.05) is 19.1 Å². The maximum Gasteiger partial charge on any atom is 0.228 e. The van der Waals surface area contributed by atoms with Crippen LogP contribution in [-0.4, -0.2) is 36.5 Å². The van der Waals surface area contributed by atoms with Gasteiger partial charge in [-0.15, -0.1) is 0 Å². The smallest absolute Gasteiger partial charge is 0.228 e. The van der Waals surface area contributed by atoms with E-state index < -0.39 is 0 Å². The lowest BCUT2D eigenvalue weighted by molar-refractivity contribution is -0.181. The molecule has 128 valence electrons. The van der Waals surface area contributed by atoms with Crippen LogP contribution in [0.1, 0.15) is 65.2 Å². The molecule has 23 heavy (non-hydrogen) atoms. The van der Waals surface area contributed by atoms with Crippen LogP contribution in [0, 0.1) is 28.1 Å². The van der Waals surface area contributed by atoms with Crippen molar-refractivity contribution >= 4 is 5.91 Å². The molecule has 4 aliphatic carbocycles. The van der Waals surface area contributed by atoms with E-state index in [-0.39, 0.29) is 5.41 Å². The first kappa shape index (κ1) is 14.7. The molecule has 6 rings (SSSR count). The number of nitrogens with one attached hydrogen (secondary N) is 1. The highest BCUT2D eigenvalue weighted by atomic mass is 16.2. The summed E-state index contributed by atoms with van der Waals surface area (Å²) in [6.07, 6.45) is 10.1. The molecule has 1 amide bonds. The summed E-state index contributed by atoms with van der Waals surface area (Å²) in [5, 5.41) is 3.63. The first-order chi connectivity index (χ1) is 10.9. The van der Waals surface area contributed by atoms with Crippen LogP contribution in [-0.2, 0) is 4.79 Å². The van der Waals surface area contributed by atoms with Crippen molar-refractivity contribution in [2.45, 2.75) is 71.3 Å². The quantitative estimate of drug-likeness (QED) is 0.806. The van der Waals surface area contributed by atoms with Crippen LogP contribution in [0.25, 0.3) is 0 Å². The Kier molecular flexibility index (Phi) is 2.91. The molecule has 6 aliphatic rings. The van der Waals surface area contributed by atoms with Crippen LogP contribution in [0.4, 0.5) is 0 Å². The van der Waals surface area contributed by atoms with Crippen LogP contribution in [0.5, 0.6) is 0 Å². The van der Waals surface area contributed by atoms with Gasteiger partial charge in [-0.2, -0.15) is 0 Å². The number of likely N-dealkylation sites (tertiary alicyclic amines) is 1. The van der Waals surface area contributed by atoms with Crippen LogP contribution < -0.4 is 5.32 Å². The summed E-state index contributed by atoms with van der Waals surface area (Å²) in [7, 11) is 0. The van der Waals surface area contributed by atoms with E-state index in [2.05, 4.69) is 24.1 Å². The second-order valence-electron chi connectivity index (χ2n) is 10.6. The summed E-state index contributed by atoms with van der Waals surface area (Å²) in [6.45, 7) is 8.12. The van der Waals surface area contributed by atoms with Crippen LogP contribution in [0.15, 0.2) is 0 Å². The Morgan fingerprint density at radius 1 is 1.04 bits per heavy atom. The lowest BCUT2D eigenvalue weighted by Gasteiger charge is -2.65. The Hall–Kier alpha value is -0.570. The Morgan fingerprint density at radius 2 is 1.78 bits per heavy atom. The van der Waals surface area contributed by atoms with Gasteiger partial charge in [0.05, 0.1) is 5.41 Å². The molecule has 1 N–H and O–H groups in total. The lowest BCUT2D eigenvalue weighted by atomic mass is 9.40. The van der Waals surface area contributed by atoms with E-state index in [9.17, 15) is 4.79 Å². The summed E-state index contributed by atoms with van der Waals surface area (Å²) < 4.78 is 0. The largest absolute Gasteiger partial charge is 0.342 e. The molecule has 4 atom stereocenters. The Morgan fingerprint density at radius 3 is 2.48 bits per heavy atom. The van der Waals surface area contributed by atoms with E-state index in [1.54, 1.807) is 0 Å². The Balaban J connectivity index is 1.41. The molecule has 4 saturated carbocycles. The summed E-state index contributed by atoms with van der Waals surface area (Å²) in [5.41, 5.74) is 0.885. The minimum absolute atomic E-state index is 0.00177. The highest BCUT2D eigenvalue weighted by Crippen LogP contribution is 2.69. The fourth-order valence-corrected chi connectivity index (χ4v) is 8.25. The molecule has 4 unspecified atom stereocenters. The summed E-state index contributed by atoms with van der Waals surface area (Å²) in [6, 6.07) is 0.686. The molecular weight excluding hydrogens is 284 g/mol. The van der Waals surface area contributed by atoms with Crippen molar-refractivity contribution in [2.24, 2.45) is 28.1 Å². The van der Waals surface area contributed by atoms with E-state index in [1.165, 1.54) is 51.4 Å². The number of nitrogens with zero attached hydrogens (tertiary/aromatic N) is 1. The van der Waals surface area contributed by atoms with Gasteiger partial charge in [-0.1, -0.05) is 13.8 Å². The highest BCUT2D eigenvalue weighted by molar-refractivity contribution is 5.83. The average Bonchev–Trinajstić information content (AvgIpc) is 2.89. The van der Waals surface area contributed by atoms with Gasteiger partial charge in [-0.25, -0.2) is 0 Å². The summed E-state index contributed by atoms with van der Waals surface area (Å²) in [4.78, 5) is 15.9. The Labute approximate surface area is 140 Å².